The van der Waals surface area contributed by atoms with Gasteiger partial charge in [-0.25, -0.2) is 4.79 Å². The van der Waals surface area contributed by atoms with Gasteiger partial charge < -0.3 is 10.2 Å². The van der Waals surface area contributed by atoms with E-state index in [0.29, 0.717) is 15.6 Å². The van der Waals surface area contributed by atoms with Crippen molar-refractivity contribution in [2.75, 3.05) is 0 Å². The van der Waals surface area contributed by atoms with Crippen LogP contribution in [0.25, 0.3) is 6.08 Å². The molecule has 2 rings (SSSR count). The van der Waals surface area contributed by atoms with Gasteiger partial charge in [-0.15, -0.1) is 0 Å². The van der Waals surface area contributed by atoms with Gasteiger partial charge in [0.1, 0.15) is 11.3 Å². The van der Waals surface area contributed by atoms with Crippen molar-refractivity contribution in [3.63, 3.8) is 0 Å². The molecule has 0 heterocycles. The average Bonchev–Trinajstić information content (AvgIpc) is 2.48. The molecule has 0 aliphatic rings. The van der Waals surface area contributed by atoms with E-state index in [9.17, 15) is 14.7 Å². The minimum atomic E-state index is -1.30. The lowest BCUT2D eigenvalue weighted by Crippen LogP contribution is -2.02. The van der Waals surface area contributed by atoms with Gasteiger partial charge in [0.25, 0.3) is 0 Å². The Bertz CT molecular complexity index is 782. The molecule has 4 nitrogen and oxygen atoms in total. The van der Waals surface area contributed by atoms with Crippen LogP contribution in [-0.2, 0) is 0 Å². The van der Waals surface area contributed by atoms with E-state index in [1.807, 2.05) is 0 Å². The second-order valence-corrected chi connectivity index (χ2v) is 5.19. The van der Waals surface area contributed by atoms with E-state index in [2.05, 4.69) is 0 Å². The Morgan fingerprint density at radius 1 is 1.00 bits per heavy atom. The van der Waals surface area contributed by atoms with Gasteiger partial charge >= 0.3 is 5.97 Å². The third kappa shape index (κ3) is 3.47. The number of carbonyl (C=O) groups is 2. The predicted molar refractivity (Wildman–Crippen MR) is 84.9 cm³/mol. The van der Waals surface area contributed by atoms with E-state index in [0.717, 1.165) is 0 Å². The van der Waals surface area contributed by atoms with E-state index < -0.39 is 17.5 Å². The van der Waals surface area contributed by atoms with E-state index in [-0.39, 0.29) is 11.1 Å². The number of rotatable bonds is 4. The molecule has 0 bridgehead atoms. The Kier molecular flexibility index (Phi) is 4.85. The SMILES string of the molecule is O=C(O)c1cccc(C(=O)/C=C/c2ccc(Cl)c(Cl)c2)c1O. The molecule has 0 atom stereocenters. The summed E-state index contributed by atoms with van der Waals surface area (Å²) in [6.07, 6.45) is 2.72. The smallest absolute Gasteiger partial charge is 0.339 e. The number of para-hydroxylation sites is 1. The lowest BCUT2D eigenvalue weighted by molar-refractivity contribution is 0.0693. The van der Waals surface area contributed by atoms with Crippen LogP contribution in [0.5, 0.6) is 5.75 Å². The van der Waals surface area contributed by atoms with E-state index >= 15 is 0 Å². The summed E-state index contributed by atoms with van der Waals surface area (Å²) in [5.41, 5.74) is 0.238. The van der Waals surface area contributed by atoms with E-state index in [4.69, 9.17) is 28.3 Å². The normalized spacial score (nSPS) is 10.8. The van der Waals surface area contributed by atoms with Crippen LogP contribution in [0, 0.1) is 0 Å². The van der Waals surface area contributed by atoms with Crippen molar-refractivity contribution in [3.8, 4) is 5.75 Å². The van der Waals surface area contributed by atoms with E-state index in [1.165, 1.54) is 30.4 Å². The highest BCUT2D eigenvalue weighted by atomic mass is 35.5. The molecule has 2 aromatic carbocycles. The lowest BCUT2D eigenvalue weighted by Gasteiger charge is -2.04. The number of phenols is 1. The molecule has 6 heteroatoms. The number of carboxylic acids is 1. The number of aromatic hydroxyl groups is 1. The molecule has 0 aliphatic heterocycles. The van der Waals surface area contributed by atoms with Crippen molar-refractivity contribution in [1.29, 1.82) is 0 Å². The van der Waals surface area contributed by atoms with Gasteiger partial charge in [0.15, 0.2) is 5.78 Å². The zero-order valence-corrected chi connectivity index (χ0v) is 12.6. The number of ketones is 1. The maximum Gasteiger partial charge on any atom is 0.339 e. The Balaban J connectivity index is 2.29. The summed E-state index contributed by atoms with van der Waals surface area (Å²) in [6.45, 7) is 0. The molecule has 0 aromatic heterocycles. The molecule has 0 amide bonds. The molecular weight excluding hydrogens is 327 g/mol. The topological polar surface area (TPSA) is 74.6 Å². The summed E-state index contributed by atoms with van der Waals surface area (Å²) in [6, 6.07) is 8.81. The van der Waals surface area contributed by atoms with Crippen molar-refractivity contribution >= 4 is 41.0 Å². The summed E-state index contributed by atoms with van der Waals surface area (Å²) in [5.74, 6) is -2.38. The Hall–Kier alpha value is -2.30. The first-order chi connectivity index (χ1) is 10.4. The number of hydrogen-bond donors (Lipinski definition) is 2. The molecule has 0 fully saturated rings. The van der Waals surface area contributed by atoms with Crippen LogP contribution in [0.3, 0.4) is 0 Å². The Morgan fingerprint density at radius 3 is 2.32 bits per heavy atom. The summed E-state index contributed by atoms with van der Waals surface area (Å²) in [7, 11) is 0. The molecule has 22 heavy (non-hydrogen) atoms. The third-order valence-corrected chi connectivity index (χ3v) is 3.64. The number of allylic oxidation sites excluding steroid dienone is 1. The fourth-order valence-corrected chi connectivity index (χ4v) is 2.10. The second kappa shape index (κ2) is 6.64. The Morgan fingerprint density at radius 2 is 1.68 bits per heavy atom. The van der Waals surface area contributed by atoms with Crippen molar-refractivity contribution < 1.29 is 19.8 Å². The first kappa shape index (κ1) is 16.1. The van der Waals surface area contributed by atoms with Crippen molar-refractivity contribution in [2.45, 2.75) is 0 Å². The number of hydrogen-bond acceptors (Lipinski definition) is 3. The predicted octanol–water partition coefficient (Wildman–Crippen LogP) is 4.29. The van der Waals surface area contributed by atoms with Gasteiger partial charge in [0.2, 0.25) is 0 Å². The van der Waals surface area contributed by atoms with Crippen LogP contribution in [-0.4, -0.2) is 22.0 Å². The highest BCUT2D eigenvalue weighted by Gasteiger charge is 2.16. The molecular formula is C16H10Cl2O4. The molecule has 2 N–H and O–H groups in total. The zero-order chi connectivity index (χ0) is 16.3. The van der Waals surface area contributed by atoms with Gasteiger partial charge in [0.05, 0.1) is 15.6 Å². The summed E-state index contributed by atoms with van der Waals surface area (Å²) < 4.78 is 0. The van der Waals surface area contributed by atoms with Gasteiger partial charge in [-0.1, -0.05) is 41.4 Å². The fraction of sp³-hybridized carbons (Fsp3) is 0. The first-order valence-electron chi connectivity index (χ1n) is 6.13. The van der Waals surface area contributed by atoms with Crippen LogP contribution in [0.2, 0.25) is 10.0 Å². The summed E-state index contributed by atoms with van der Waals surface area (Å²) in [4.78, 5) is 23.0. The molecule has 112 valence electrons. The average molecular weight is 337 g/mol. The first-order valence-corrected chi connectivity index (χ1v) is 6.88. The number of halogens is 2. The van der Waals surface area contributed by atoms with Gasteiger partial charge in [-0.05, 0) is 35.9 Å². The fourth-order valence-electron chi connectivity index (χ4n) is 1.79. The van der Waals surface area contributed by atoms with Crippen LogP contribution >= 0.6 is 23.2 Å². The molecule has 2 aromatic rings. The summed E-state index contributed by atoms with van der Waals surface area (Å²) in [5, 5.41) is 19.5. The van der Waals surface area contributed by atoms with E-state index in [1.54, 1.807) is 18.2 Å². The van der Waals surface area contributed by atoms with Gasteiger partial charge in [0, 0.05) is 0 Å². The Labute approximate surface area is 136 Å². The number of carboxylic acid groups (broad SMARTS) is 1. The van der Waals surface area contributed by atoms with Crippen molar-refractivity contribution in [2.24, 2.45) is 0 Å². The van der Waals surface area contributed by atoms with Gasteiger partial charge in [-0.2, -0.15) is 0 Å². The molecule has 0 saturated heterocycles. The standard InChI is InChI=1S/C16H10Cl2O4/c17-12-6-4-9(8-13(12)18)5-7-14(19)10-2-1-3-11(15(10)20)16(21)22/h1-8,20H,(H,21,22)/b7-5+. The summed E-state index contributed by atoms with van der Waals surface area (Å²) >= 11 is 11.7. The molecule has 0 aliphatic carbocycles. The van der Waals surface area contributed by atoms with Crippen LogP contribution in [0.1, 0.15) is 26.3 Å². The molecule has 0 unspecified atom stereocenters. The van der Waals surface area contributed by atoms with Crippen LogP contribution in [0.4, 0.5) is 0 Å². The van der Waals surface area contributed by atoms with Crippen molar-refractivity contribution in [1.82, 2.24) is 0 Å². The van der Waals surface area contributed by atoms with Crippen LogP contribution in [0.15, 0.2) is 42.5 Å². The number of benzene rings is 2. The lowest BCUT2D eigenvalue weighted by atomic mass is 10.0. The largest absolute Gasteiger partial charge is 0.506 e. The highest BCUT2D eigenvalue weighted by Crippen LogP contribution is 2.25. The van der Waals surface area contributed by atoms with Crippen LogP contribution < -0.4 is 0 Å². The molecule has 0 saturated carbocycles. The monoisotopic (exact) mass is 336 g/mol. The number of carbonyl (C=O) groups excluding carboxylic acids is 1. The zero-order valence-electron chi connectivity index (χ0n) is 11.1. The highest BCUT2D eigenvalue weighted by molar-refractivity contribution is 6.42. The minimum absolute atomic E-state index is 0.0868. The minimum Gasteiger partial charge on any atom is -0.506 e. The second-order valence-electron chi connectivity index (χ2n) is 4.38. The van der Waals surface area contributed by atoms with Gasteiger partial charge in [-0.3, -0.25) is 4.79 Å². The number of aromatic carboxylic acids is 1. The van der Waals surface area contributed by atoms with Crippen molar-refractivity contribution in [3.05, 3.63) is 69.2 Å². The molecule has 0 spiro atoms. The quantitative estimate of drug-likeness (QED) is 0.645. The maximum absolute atomic E-state index is 12.1. The third-order valence-electron chi connectivity index (χ3n) is 2.90. The maximum atomic E-state index is 12.1. The molecule has 0 radical (unpaired) electrons.